The highest BCUT2D eigenvalue weighted by Crippen LogP contribution is 2.33. The standard InChI is InChI=1S/C27H33N7O2.11H2/c1-17-14-24(33(4)13-12-32(2)3)21(28)15-23(17)31-27-29-11-10-22(30-27)20-16-34(5)25-18(20)8-7-9-19(25)26(35)36-6;;;;;;;;;;;/h7-11,14-16H,12-13,28H2,1-6H3,(H,29,30,31);11*1H/i;11*1+2T. The van der Waals surface area contributed by atoms with E-state index in [0.717, 1.165) is 52.2 Å². The minimum absolute atomic E-state index is 0.373. The lowest BCUT2D eigenvalue weighted by molar-refractivity contribution is 0.0602. The van der Waals surface area contributed by atoms with Crippen LogP contribution in [0, 0.1) is 6.92 Å². The van der Waals surface area contributed by atoms with Crippen molar-refractivity contribution in [1.82, 2.24) is 19.4 Å². The second kappa shape index (κ2) is 10.2. The van der Waals surface area contributed by atoms with E-state index in [-0.39, 0.29) is 5.97 Å². The van der Waals surface area contributed by atoms with Crippen LogP contribution in [-0.4, -0.2) is 66.7 Å². The number of hydrogen-bond donors (Lipinski definition) is 2. The predicted octanol–water partition coefficient (Wildman–Crippen LogP) is 6.76. The summed E-state index contributed by atoms with van der Waals surface area (Å²) in [6.07, 6.45) is 3.68. The predicted molar refractivity (Wildman–Crippen MR) is 169 cm³/mol. The number of aryl methyl sites for hydroxylation is 2. The van der Waals surface area contributed by atoms with Gasteiger partial charge in [0.2, 0.25) is 5.95 Å². The van der Waals surface area contributed by atoms with Crippen LogP contribution >= 0.6 is 0 Å². The highest BCUT2D eigenvalue weighted by atomic mass is 16.5. The van der Waals surface area contributed by atoms with Gasteiger partial charge in [0.25, 0.3) is 0 Å². The van der Waals surface area contributed by atoms with Gasteiger partial charge in [0.05, 0.1) is 35.3 Å². The van der Waals surface area contributed by atoms with Crippen LogP contribution in [0.1, 0.15) is 48.6 Å². The maximum Gasteiger partial charge on any atom is 0.340 e. The summed E-state index contributed by atoms with van der Waals surface area (Å²) in [5.41, 5.74) is 12.9. The molecule has 9 heteroatoms. The molecule has 0 atom stereocenters. The first-order valence-corrected chi connectivity index (χ1v) is 11.7. The summed E-state index contributed by atoms with van der Waals surface area (Å²) in [6.45, 7) is 3.84. The van der Waals surface area contributed by atoms with Crippen molar-refractivity contribution in [2.45, 2.75) is 6.92 Å². The first-order chi connectivity index (χ1) is 28.2. The van der Waals surface area contributed by atoms with Crippen LogP contribution in [0.15, 0.2) is 48.8 Å². The van der Waals surface area contributed by atoms with Crippen molar-refractivity contribution in [3.05, 3.63) is 59.9 Å². The number of ether oxygens (including phenoxy) is 1. The number of esters is 1. The molecule has 36 heavy (non-hydrogen) atoms. The van der Waals surface area contributed by atoms with Crippen LogP contribution in [0.25, 0.3) is 22.2 Å². The summed E-state index contributed by atoms with van der Waals surface area (Å²) in [4.78, 5) is 25.8. The minimum atomic E-state index is -0.373. The van der Waals surface area contributed by atoms with Gasteiger partial charge in [-0.25, -0.2) is 14.8 Å². The summed E-state index contributed by atoms with van der Waals surface area (Å²) in [6, 6.07) is 11.4. The van der Waals surface area contributed by atoms with Crippen molar-refractivity contribution >= 4 is 39.9 Å². The Kier molecular flexibility index (Phi) is 4.11. The molecule has 0 saturated carbocycles. The van der Waals surface area contributed by atoms with Gasteiger partial charge in [0, 0.05) is 88.9 Å². The average molecular weight is 554 g/mol. The zero-order valence-electron chi connectivity index (χ0n) is 43.7. The Morgan fingerprint density at radius 2 is 2.00 bits per heavy atom. The lowest BCUT2D eigenvalue weighted by atomic mass is 10.1. The molecule has 0 amide bonds. The quantitative estimate of drug-likeness (QED) is 0.182. The summed E-state index contributed by atoms with van der Waals surface area (Å²) in [5, 5.41) is 4.24. The molecular weight excluding hydrogens is 454 g/mol. The molecule has 0 radical (unpaired) electrons. The molecule has 0 saturated heterocycles. The third-order valence-electron chi connectivity index (χ3n) is 6.25. The van der Waals surface area contributed by atoms with Gasteiger partial charge in [0.15, 0.2) is 0 Å². The Bertz CT molecular complexity index is 1470. The Morgan fingerprint density at radius 1 is 1.22 bits per heavy atom. The summed E-state index contributed by atoms with van der Waals surface area (Å²) in [5.74, 6) is 0.0899. The summed E-state index contributed by atoms with van der Waals surface area (Å²) in [7, 11) is 9.45. The van der Waals surface area contributed by atoms with E-state index in [4.69, 9.17) is 48.1 Å². The third-order valence-corrected chi connectivity index (χ3v) is 6.25. The lowest BCUT2D eigenvalue weighted by Crippen LogP contribution is -2.29. The molecule has 2 heterocycles. The molecule has 4 aromatic rings. The maximum absolute atomic E-state index is 12.3. The number of hydrogen-bond acceptors (Lipinski definition) is 8. The number of methoxy groups -OCH3 is 1. The smallest absolute Gasteiger partial charge is 0.340 e. The summed E-state index contributed by atoms with van der Waals surface area (Å²) < 4.78 is 117. The number of carbonyl (C=O) groups excluding carboxylic acids is 1. The van der Waals surface area contributed by atoms with E-state index in [9.17, 15) is 4.79 Å². The zero-order chi connectivity index (χ0) is 48.0. The first kappa shape index (κ1) is 14.4. The molecule has 0 spiro atoms. The van der Waals surface area contributed by atoms with Gasteiger partial charge in [-0.2, -0.15) is 0 Å². The molecule has 0 aliphatic rings. The lowest BCUT2D eigenvalue weighted by Gasteiger charge is -2.24. The molecular formula is C27H55N7O2. The average Bonchev–Trinajstić information content (AvgIpc) is 3.67. The van der Waals surface area contributed by atoms with Gasteiger partial charge >= 0.3 is 5.97 Å². The number of aromatic nitrogens is 3. The highest BCUT2D eigenvalue weighted by molar-refractivity contribution is 6.07. The molecule has 0 aliphatic carbocycles. The Morgan fingerprint density at radius 3 is 2.72 bits per heavy atom. The van der Waals surface area contributed by atoms with Gasteiger partial charge in [-0.1, -0.05) is 12.1 Å². The number of nitrogens with zero attached hydrogens (tertiary/aromatic N) is 5. The van der Waals surface area contributed by atoms with Crippen LogP contribution < -0.4 is 16.0 Å². The Hall–Kier alpha value is -4.11. The van der Waals surface area contributed by atoms with Crippen molar-refractivity contribution in [3.8, 4) is 11.3 Å². The van der Waals surface area contributed by atoms with Crippen LogP contribution in [-0.2, 0) is 11.8 Å². The van der Waals surface area contributed by atoms with Gasteiger partial charge in [-0.15, -0.1) is 0 Å². The number of nitrogens with one attached hydrogen (secondary N) is 1. The largest absolute Gasteiger partial charge is 0.465 e. The van der Waals surface area contributed by atoms with E-state index >= 15 is 0 Å². The topological polar surface area (TPSA) is 102 Å². The van der Waals surface area contributed by atoms with Gasteiger partial charge in [-0.3, -0.25) is 0 Å². The molecule has 210 valence electrons. The van der Waals surface area contributed by atoms with E-state index in [1.54, 1.807) is 12.3 Å². The maximum atomic E-state index is 12.3. The third kappa shape index (κ3) is 4.96. The van der Waals surface area contributed by atoms with Crippen molar-refractivity contribution in [3.63, 3.8) is 0 Å². The van der Waals surface area contributed by atoms with E-state index in [2.05, 4.69) is 40.3 Å². The van der Waals surface area contributed by atoms with Crippen LogP contribution in [0.3, 0.4) is 0 Å². The van der Waals surface area contributed by atoms with Gasteiger partial charge < -0.3 is 30.2 Å². The fourth-order valence-electron chi connectivity index (χ4n) is 4.28. The van der Waals surface area contributed by atoms with Crippen molar-refractivity contribution in [2.24, 2.45) is 7.05 Å². The van der Waals surface area contributed by atoms with Gasteiger partial charge in [0.1, 0.15) is 0 Å². The molecule has 4 rings (SSSR count). The molecule has 0 bridgehead atoms. The number of carbonyl (C=O) groups is 1. The number of anilines is 4. The number of nitrogens with two attached hydrogens (primary N) is 1. The van der Waals surface area contributed by atoms with E-state index in [1.165, 1.54) is 7.11 Å². The number of fused-ring (bicyclic) bond motifs is 1. The second-order valence-electron chi connectivity index (χ2n) is 9.19. The van der Waals surface area contributed by atoms with E-state index in [1.807, 2.05) is 56.0 Å². The Balaban J connectivity index is -0.000000164. The van der Waals surface area contributed by atoms with Crippen molar-refractivity contribution in [2.75, 3.05) is 57.3 Å². The van der Waals surface area contributed by atoms with Crippen LogP contribution in [0.4, 0.5) is 23.0 Å². The van der Waals surface area contributed by atoms with Crippen molar-refractivity contribution < 1.29 is 42.2 Å². The molecule has 9 nitrogen and oxygen atoms in total. The van der Waals surface area contributed by atoms with E-state index < -0.39 is 0 Å². The molecule has 0 fully saturated rings. The highest BCUT2D eigenvalue weighted by Gasteiger charge is 2.18. The monoisotopic (exact) mass is 554 g/mol. The Labute approximate surface area is 245 Å². The minimum Gasteiger partial charge on any atom is -0.465 e. The number of benzene rings is 2. The molecule has 0 aliphatic heterocycles. The number of rotatable bonds is 8. The zero-order valence-corrected chi connectivity index (χ0v) is 21.7. The second-order valence-corrected chi connectivity index (χ2v) is 9.19. The van der Waals surface area contributed by atoms with E-state index in [0.29, 0.717) is 17.2 Å². The first-order valence-electron chi connectivity index (χ1n) is 22.7. The van der Waals surface area contributed by atoms with Crippen LogP contribution in [0.2, 0.25) is 0 Å². The normalized spacial score (nSPS) is 13.6. The van der Waals surface area contributed by atoms with Crippen LogP contribution in [0.5, 0.6) is 0 Å². The fourth-order valence-corrected chi connectivity index (χ4v) is 4.28. The fraction of sp³-hybridized carbons (Fsp3) is 0.296. The number of nitrogen functional groups attached to an aromatic ring is 1. The molecule has 2 aromatic carbocycles. The summed E-state index contributed by atoms with van der Waals surface area (Å²) >= 11 is 0. The number of para-hydroxylation sites is 1. The molecule has 3 N–H and O–H groups in total. The SMILES string of the molecule is COC(=O)c1cccc2c(-c3ccnc(Nc4cc(N)c(N(C)CCN(C)C)cc4C)n3)cn(C)c12.[3H][3H].[3H][3H].[3H][3H].[3H][3H].[3H][3H].[3H][3H].[3H][3H].[3H][3H].[3H][3H].[3H][3H].[3H][3H]. The number of likely N-dealkylation sites (N-methyl/N-ethyl adjacent to an activating group) is 2. The molecule has 2 aromatic heterocycles. The van der Waals surface area contributed by atoms with Crippen molar-refractivity contribution in [1.29, 1.82) is 0 Å². The van der Waals surface area contributed by atoms with Gasteiger partial charge in [-0.05, 0) is 50.8 Å². The molecule has 0 unspecified atom stereocenters.